The minimum atomic E-state index is -0.697. The van der Waals surface area contributed by atoms with Crippen molar-refractivity contribution in [3.05, 3.63) is 59.1 Å². The van der Waals surface area contributed by atoms with Crippen LogP contribution in [0.1, 0.15) is 0 Å². The van der Waals surface area contributed by atoms with Crippen LogP contribution in [0.5, 0.6) is 0 Å². The lowest BCUT2D eigenvalue weighted by atomic mass is 10.2. The molecule has 0 spiro atoms. The minimum absolute atomic E-state index is 0.165. The van der Waals surface area contributed by atoms with Crippen LogP contribution >= 0.6 is 15.9 Å². The molecule has 0 fully saturated rings. The SMILES string of the molecule is Nc1ncccc1-c1cncn1-c1cc(Br)c(F)cc1F. The number of nitrogens with two attached hydrogens (primary N) is 1. The van der Waals surface area contributed by atoms with E-state index in [-0.39, 0.29) is 10.2 Å². The molecule has 0 aliphatic heterocycles. The summed E-state index contributed by atoms with van der Waals surface area (Å²) in [6, 6.07) is 5.64. The lowest BCUT2D eigenvalue weighted by Gasteiger charge is -2.11. The van der Waals surface area contributed by atoms with Gasteiger partial charge in [0.1, 0.15) is 17.5 Å². The average Bonchev–Trinajstić information content (AvgIpc) is 2.92. The van der Waals surface area contributed by atoms with E-state index in [0.717, 1.165) is 6.07 Å². The average molecular weight is 351 g/mol. The van der Waals surface area contributed by atoms with Gasteiger partial charge in [-0.15, -0.1) is 0 Å². The Labute approximate surface area is 127 Å². The highest BCUT2D eigenvalue weighted by Crippen LogP contribution is 2.29. The first-order valence-corrected chi connectivity index (χ1v) is 6.75. The molecule has 21 heavy (non-hydrogen) atoms. The van der Waals surface area contributed by atoms with E-state index in [1.807, 2.05) is 0 Å². The second-order valence-electron chi connectivity index (χ2n) is 4.30. The van der Waals surface area contributed by atoms with Crippen LogP contribution in [0.25, 0.3) is 16.9 Å². The molecule has 7 heteroatoms. The van der Waals surface area contributed by atoms with Gasteiger partial charge < -0.3 is 5.73 Å². The quantitative estimate of drug-likeness (QED) is 0.719. The summed E-state index contributed by atoms with van der Waals surface area (Å²) in [7, 11) is 0. The van der Waals surface area contributed by atoms with Gasteiger partial charge in [0.25, 0.3) is 0 Å². The predicted octanol–water partition coefficient (Wildman–Crippen LogP) is 3.56. The standard InChI is InChI=1S/C14H9BrF2N4/c15-9-4-12(11(17)5-10(9)16)21-7-19-6-13(21)8-2-1-3-20-14(8)18/h1-7H,(H2,18,20). The normalized spacial score (nSPS) is 10.8. The third-order valence-electron chi connectivity index (χ3n) is 3.00. The molecule has 106 valence electrons. The lowest BCUT2D eigenvalue weighted by Crippen LogP contribution is -2.02. The lowest BCUT2D eigenvalue weighted by molar-refractivity contribution is 0.574. The van der Waals surface area contributed by atoms with Crippen molar-refractivity contribution in [2.75, 3.05) is 5.73 Å². The highest BCUT2D eigenvalue weighted by molar-refractivity contribution is 9.10. The van der Waals surface area contributed by atoms with E-state index < -0.39 is 11.6 Å². The van der Waals surface area contributed by atoms with Crippen molar-refractivity contribution in [2.24, 2.45) is 0 Å². The molecule has 0 aliphatic carbocycles. The van der Waals surface area contributed by atoms with Crippen LogP contribution in [0.4, 0.5) is 14.6 Å². The molecule has 0 atom stereocenters. The van der Waals surface area contributed by atoms with E-state index in [0.29, 0.717) is 17.1 Å². The molecular weight excluding hydrogens is 342 g/mol. The number of aromatic nitrogens is 3. The van der Waals surface area contributed by atoms with Gasteiger partial charge in [-0.25, -0.2) is 18.7 Å². The second kappa shape index (κ2) is 5.25. The zero-order chi connectivity index (χ0) is 15.0. The molecule has 4 nitrogen and oxygen atoms in total. The van der Waals surface area contributed by atoms with E-state index in [1.54, 1.807) is 24.5 Å². The summed E-state index contributed by atoms with van der Waals surface area (Å²) in [5, 5.41) is 0. The maximum absolute atomic E-state index is 14.0. The number of nitrogen functional groups attached to an aromatic ring is 1. The number of benzene rings is 1. The highest BCUT2D eigenvalue weighted by Gasteiger charge is 2.15. The molecule has 2 N–H and O–H groups in total. The van der Waals surface area contributed by atoms with Gasteiger partial charge in [-0.3, -0.25) is 4.57 Å². The Kier molecular flexibility index (Phi) is 3.42. The van der Waals surface area contributed by atoms with Gasteiger partial charge >= 0.3 is 0 Å². The van der Waals surface area contributed by atoms with Crippen molar-refractivity contribution in [3.8, 4) is 16.9 Å². The second-order valence-corrected chi connectivity index (χ2v) is 5.16. The Morgan fingerprint density at radius 3 is 2.76 bits per heavy atom. The van der Waals surface area contributed by atoms with Gasteiger partial charge in [0.2, 0.25) is 0 Å². The van der Waals surface area contributed by atoms with E-state index in [1.165, 1.54) is 17.0 Å². The van der Waals surface area contributed by atoms with Crippen LogP contribution in [0, 0.1) is 11.6 Å². The van der Waals surface area contributed by atoms with Crippen molar-refractivity contribution in [1.82, 2.24) is 14.5 Å². The number of hydrogen-bond donors (Lipinski definition) is 1. The van der Waals surface area contributed by atoms with Crippen molar-refractivity contribution in [3.63, 3.8) is 0 Å². The molecule has 0 radical (unpaired) electrons. The van der Waals surface area contributed by atoms with Gasteiger partial charge in [0.15, 0.2) is 0 Å². The summed E-state index contributed by atoms with van der Waals surface area (Å²) in [6.45, 7) is 0. The summed E-state index contributed by atoms with van der Waals surface area (Å²) in [6.07, 6.45) is 4.54. The molecule has 0 amide bonds. The fourth-order valence-corrected chi connectivity index (χ4v) is 2.35. The molecule has 0 saturated heterocycles. The summed E-state index contributed by atoms with van der Waals surface area (Å²) in [5.74, 6) is -1.06. The fourth-order valence-electron chi connectivity index (χ4n) is 2.02. The van der Waals surface area contributed by atoms with Crippen LogP contribution in [0.2, 0.25) is 0 Å². The molecule has 0 saturated carbocycles. The molecule has 2 heterocycles. The minimum Gasteiger partial charge on any atom is -0.383 e. The maximum atomic E-state index is 14.0. The summed E-state index contributed by atoms with van der Waals surface area (Å²) in [4.78, 5) is 8.01. The van der Waals surface area contributed by atoms with Gasteiger partial charge in [-0.05, 0) is 34.1 Å². The van der Waals surface area contributed by atoms with E-state index >= 15 is 0 Å². The molecule has 2 aromatic heterocycles. The fraction of sp³-hybridized carbons (Fsp3) is 0. The Morgan fingerprint density at radius 1 is 1.19 bits per heavy atom. The Morgan fingerprint density at radius 2 is 2.00 bits per heavy atom. The van der Waals surface area contributed by atoms with Gasteiger partial charge in [0, 0.05) is 17.8 Å². The first-order chi connectivity index (χ1) is 10.1. The number of halogens is 3. The molecule has 0 aliphatic rings. The van der Waals surface area contributed by atoms with E-state index in [9.17, 15) is 8.78 Å². The predicted molar refractivity (Wildman–Crippen MR) is 78.8 cm³/mol. The smallest absolute Gasteiger partial charge is 0.150 e. The zero-order valence-corrected chi connectivity index (χ0v) is 12.2. The van der Waals surface area contributed by atoms with Crippen LogP contribution in [0.15, 0.2) is 47.5 Å². The number of hydrogen-bond acceptors (Lipinski definition) is 3. The van der Waals surface area contributed by atoms with Crippen LogP contribution in [0.3, 0.4) is 0 Å². The summed E-state index contributed by atoms with van der Waals surface area (Å²) < 4.78 is 29.0. The van der Waals surface area contributed by atoms with Gasteiger partial charge in [0.05, 0.1) is 28.4 Å². The molecule has 0 unspecified atom stereocenters. The molecule has 0 bridgehead atoms. The molecule has 1 aromatic carbocycles. The summed E-state index contributed by atoms with van der Waals surface area (Å²) >= 11 is 3.05. The Balaban J connectivity index is 2.21. The molecule has 3 rings (SSSR count). The number of nitrogens with zero attached hydrogens (tertiary/aromatic N) is 3. The van der Waals surface area contributed by atoms with Crippen LogP contribution < -0.4 is 5.73 Å². The van der Waals surface area contributed by atoms with Crippen molar-refractivity contribution >= 4 is 21.7 Å². The van der Waals surface area contributed by atoms with Crippen LogP contribution in [-0.2, 0) is 0 Å². The van der Waals surface area contributed by atoms with Gasteiger partial charge in [-0.1, -0.05) is 0 Å². The number of pyridine rings is 1. The molecular formula is C14H9BrF2N4. The van der Waals surface area contributed by atoms with Crippen molar-refractivity contribution in [1.29, 1.82) is 0 Å². The zero-order valence-electron chi connectivity index (χ0n) is 10.6. The third kappa shape index (κ3) is 2.40. The Hall–Kier alpha value is -2.28. The monoisotopic (exact) mass is 350 g/mol. The number of rotatable bonds is 2. The van der Waals surface area contributed by atoms with Gasteiger partial charge in [-0.2, -0.15) is 0 Å². The van der Waals surface area contributed by atoms with E-state index in [4.69, 9.17) is 5.73 Å². The largest absolute Gasteiger partial charge is 0.383 e. The van der Waals surface area contributed by atoms with Crippen LogP contribution in [-0.4, -0.2) is 14.5 Å². The summed E-state index contributed by atoms with van der Waals surface area (Å²) in [5.41, 5.74) is 7.19. The first kappa shape index (κ1) is 13.7. The van der Waals surface area contributed by atoms with E-state index in [2.05, 4.69) is 25.9 Å². The number of imidazole rings is 1. The third-order valence-corrected chi connectivity index (χ3v) is 3.61. The molecule has 3 aromatic rings. The number of anilines is 1. The maximum Gasteiger partial charge on any atom is 0.150 e. The Bertz CT molecular complexity index is 816. The van der Waals surface area contributed by atoms with Crippen molar-refractivity contribution < 1.29 is 8.78 Å². The first-order valence-electron chi connectivity index (χ1n) is 5.96. The van der Waals surface area contributed by atoms with Crippen molar-refractivity contribution in [2.45, 2.75) is 0 Å². The topological polar surface area (TPSA) is 56.7 Å². The highest BCUT2D eigenvalue weighted by atomic mass is 79.9.